The van der Waals surface area contributed by atoms with Crippen molar-refractivity contribution < 1.29 is 14.3 Å². The molecule has 1 N–H and O–H groups in total. The molecule has 0 saturated carbocycles. The molecule has 0 aromatic heterocycles. The topological polar surface area (TPSA) is 74.6 Å². The lowest BCUT2D eigenvalue weighted by Gasteiger charge is -2.18. The summed E-state index contributed by atoms with van der Waals surface area (Å²) in [6.07, 6.45) is 0. The second-order valence-corrected chi connectivity index (χ2v) is 6.15. The van der Waals surface area contributed by atoms with Crippen LogP contribution in [0.15, 0.2) is 36.4 Å². The van der Waals surface area contributed by atoms with Gasteiger partial charge < -0.3 is 14.8 Å². The number of hydrogen-bond donors (Lipinski definition) is 1. The average Bonchev–Trinajstić information content (AvgIpc) is 2.61. The summed E-state index contributed by atoms with van der Waals surface area (Å²) in [6.45, 7) is 0.708. The van der Waals surface area contributed by atoms with Gasteiger partial charge in [0.05, 0.1) is 32.0 Å². The molecule has 0 bridgehead atoms. The first kappa shape index (κ1) is 19.6. The van der Waals surface area contributed by atoms with Gasteiger partial charge >= 0.3 is 0 Å². The number of nitriles is 1. The highest BCUT2D eigenvalue weighted by Gasteiger charge is 2.12. The third-order valence-electron chi connectivity index (χ3n) is 3.69. The summed E-state index contributed by atoms with van der Waals surface area (Å²) < 4.78 is 10.5. The van der Waals surface area contributed by atoms with Crippen molar-refractivity contribution in [3.8, 4) is 17.6 Å². The molecule has 0 spiro atoms. The molecule has 136 valence electrons. The van der Waals surface area contributed by atoms with Crippen molar-refractivity contribution in [1.29, 1.82) is 5.26 Å². The number of carbonyl (C=O) groups excluding carboxylic acids is 1. The predicted octanol–water partition coefficient (Wildman–Crippen LogP) is 3.30. The van der Waals surface area contributed by atoms with Crippen LogP contribution in [0.4, 0.5) is 5.69 Å². The molecule has 7 heteroatoms. The molecular weight excluding hydrogens is 354 g/mol. The highest BCUT2D eigenvalue weighted by atomic mass is 35.5. The molecule has 6 nitrogen and oxygen atoms in total. The minimum absolute atomic E-state index is 0.158. The van der Waals surface area contributed by atoms with Gasteiger partial charge in [0, 0.05) is 11.6 Å². The Morgan fingerprint density at radius 1 is 1.19 bits per heavy atom. The molecule has 26 heavy (non-hydrogen) atoms. The Balaban J connectivity index is 2.00. The summed E-state index contributed by atoms with van der Waals surface area (Å²) in [6, 6.07) is 12.4. The molecule has 0 aliphatic rings. The number of carbonyl (C=O) groups is 1. The van der Waals surface area contributed by atoms with E-state index in [1.807, 2.05) is 36.2 Å². The smallest absolute Gasteiger partial charge is 0.238 e. The van der Waals surface area contributed by atoms with Gasteiger partial charge in [-0.2, -0.15) is 5.26 Å². The fraction of sp³-hybridized carbons (Fsp3) is 0.263. The minimum atomic E-state index is -0.230. The van der Waals surface area contributed by atoms with Gasteiger partial charge in [0.15, 0.2) is 11.5 Å². The van der Waals surface area contributed by atoms with E-state index in [0.717, 1.165) is 5.56 Å². The molecule has 0 aliphatic heterocycles. The van der Waals surface area contributed by atoms with Crippen LogP contribution in [0, 0.1) is 11.3 Å². The number of nitrogens with one attached hydrogen (secondary N) is 1. The van der Waals surface area contributed by atoms with E-state index in [4.69, 9.17) is 26.3 Å². The van der Waals surface area contributed by atoms with Crippen LogP contribution < -0.4 is 14.8 Å². The van der Waals surface area contributed by atoms with Gasteiger partial charge in [-0.3, -0.25) is 9.69 Å². The van der Waals surface area contributed by atoms with E-state index in [1.54, 1.807) is 32.4 Å². The largest absolute Gasteiger partial charge is 0.493 e. The van der Waals surface area contributed by atoms with Crippen molar-refractivity contribution in [1.82, 2.24) is 4.90 Å². The number of rotatable bonds is 7. The monoisotopic (exact) mass is 373 g/mol. The average molecular weight is 374 g/mol. The first-order chi connectivity index (χ1) is 12.5. The summed E-state index contributed by atoms with van der Waals surface area (Å²) in [7, 11) is 5.00. The van der Waals surface area contributed by atoms with E-state index in [-0.39, 0.29) is 12.5 Å². The van der Waals surface area contributed by atoms with Crippen molar-refractivity contribution in [2.24, 2.45) is 0 Å². The predicted molar refractivity (Wildman–Crippen MR) is 101 cm³/mol. The summed E-state index contributed by atoms with van der Waals surface area (Å²) in [4.78, 5) is 14.1. The van der Waals surface area contributed by atoms with Crippen LogP contribution in [0.5, 0.6) is 11.5 Å². The molecule has 1 amide bonds. The lowest BCUT2D eigenvalue weighted by molar-refractivity contribution is -0.117. The maximum atomic E-state index is 12.3. The van der Waals surface area contributed by atoms with Crippen LogP contribution in [0.2, 0.25) is 5.02 Å². The van der Waals surface area contributed by atoms with Crippen LogP contribution >= 0.6 is 11.6 Å². The molecule has 0 atom stereocenters. The Morgan fingerprint density at radius 3 is 2.58 bits per heavy atom. The van der Waals surface area contributed by atoms with E-state index in [1.165, 1.54) is 0 Å². The Hall–Kier alpha value is -2.75. The van der Waals surface area contributed by atoms with Crippen LogP contribution in [0.25, 0.3) is 0 Å². The molecule has 0 heterocycles. The Kier molecular flexibility index (Phi) is 6.84. The van der Waals surface area contributed by atoms with Crippen LogP contribution in [-0.2, 0) is 11.3 Å². The Morgan fingerprint density at radius 2 is 1.92 bits per heavy atom. The van der Waals surface area contributed by atoms with Gasteiger partial charge in [-0.25, -0.2) is 0 Å². The van der Waals surface area contributed by atoms with E-state index in [2.05, 4.69) is 5.32 Å². The molecule has 2 aromatic carbocycles. The Bertz CT molecular complexity index is 833. The van der Waals surface area contributed by atoms with Crippen molar-refractivity contribution in [2.45, 2.75) is 6.54 Å². The summed E-state index contributed by atoms with van der Waals surface area (Å²) >= 11 is 5.93. The number of anilines is 1. The molecule has 2 rings (SSSR count). The van der Waals surface area contributed by atoms with Crippen LogP contribution in [0.1, 0.15) is 11.1 Å². The van der Waals surface area contributed by atoms with E-state index in [0.29, 0.717) is 34.3 Å². The molecule has 0 aliphatic carbocycles. The lowest BCUT2D eigenvalue weighted by Crippen LogP contribution is -2.30. The maximum absolute atomic E-state index is 12.3. The zero-order chi connectivity index (χ0) is 19.1. The van der Waals surface area contributed by atoms with Crippen molar-refractivity contribution in [3.05, 3.63) is 52.5 Å². The third-order valence-corrected chi connectivity index (χ3v) is 3.93. The number of hydrogen-bond acceptors (Lipinski definition) is 5. The molecule has 0 radical (unpaired) electrons. The normalized spacial score (nSPS) is 10.3. The molecule has 0 saturated heterocycles. The van der Waals surface area contributed by atoms with Gasteiger partial charge in [-0.05, 0) is 42.9 Å². The van der Waals surface area contributed by atoms with E-state index < -0.39 is 0 Å². The summed E-state index contributed by atoms with van der Waals surface area (Å²) in [5.74, 6) is 1.06. The number of benzene rings is 2. The van der Waals surface area contributed by atoms with Gasteiger partial charge in [-0.1, -0.05) is 17.7 Å². The molecule has 0 unspecified atom stereocenters. The summed E-state index contributed by atoms with van der Waals surface area (Å²) in [5, 5.41) is 12.3. The fourth-order valence-corrected chi connectivity index (χ4v) is 2.67. The number of methoxy groups -OCH3 is 2. The summed E-state index contributed by atoms with van der Waals surface area (Å²) in [5.41, 5.74) is 1.76. The quantitative estimate of drug-likeness (QED) is 0.806. The standard InChI is InChI=1S/C19H20ClN3O3/c1-23(11-13-4-7-17(25-2)18(8-13)26-3)12-19(24)22-16-9-15(20)6-5-14(16)10-21/h4-9H,11-12H2,1-3H3,(H,22,24). The molecular formula is C19H20ClN3O3. The lowest BCUT2D eigenvalue weighted by atomic mass is 10.2. The zero-order valence-corrected chi connectivity index (χ0v) is 15.6. The van der Waals surface area contributed by atoms with Gasteiger partial charge in [-0.15, -0.1) is 0 Å². The number of amides is 1. The number of nitrogens with zero attached hydrogens (tertiary/aromatic N) is 2. The third kappa shape index (κ3) is 5.12. The highest BCUT2D eigenvalue weighted by molar-refractivity contribution is 6.31. The minimum Gasteiger partial charge on any atom is -0.493 e. The highest BCUT2D eigenvalue weighted by Crippen LogP contribution is 2.28. The van der Waals surface area contributed by atoms with Crippen LogP contribution in [-0.4, -0.2) is 38.6 Å². The first-order valence-electron chi connectivity index (χ1n) is 7.85. The second kappa shape index (κ2) is 9.09. The SMILES string of the molecule is COc1ccc(CN(C)CC(=O)Nc2cc(Cl)ccc2C#N)cc1OC. The maximum Gasteiger partial charge on any atom is 0.238 e. The molecule has 2 aromatic rings. The fourth-order valence-electron chi connectivity index (χ4n) is 2.50. The van der Waals surface area contributed by atoms with Gasteiger partial charge in [0.2, 0.25) is 5.91 Å². The van der Waals surface area contributed by atoms with Crippen molar-refractivity contribution >= 4 is 23.2 Å². The number of likely N-dealkylation sites (N-methyl/N-ethyl adjacent to an activating group) is 1. The number of halogens is 1. The van der Waals surface area contributed by atoms with Crippen LogP contribution in [0.3, 0.4) is 0 Å². The van der Waals surface area contributed by atoms with Crippen molar-refractivity contribution in [3.63, 3.8) is 0 Å². The van der Waals surface area contributed by atoms with E-state index >= 15 is 0 Å². The first-order valence-corrected chi connectivity index (χ1v) is 8.23. The molecule has 0 fully saturated rings. The van der Waals surface area contributed by atoms with Gasteiger partial charge in [0.25, 0.3) is 0 Å². The van der Waals surface area contributed by atoms with E-state index in [9.17, 15) is 4.79 Å². The Labute approximate surface area is 157 Å². The van der Waals surface area contributed by atoms with Crippen molar-refractivity contribution in [2.75, 3.05) is 33.1 Å². The zero-order valence-electron chi connectivity index (χ0n) is 14.9. The van der Waals surface area contributed by atoms with Gasteiger partial charge in [0.1, 0.15) is 6.07 Å². The number of ether oxygens (including phenoxy) is 2. The second-order valence-electron chi connectivity index (χ2n) is 5.71.